The summed E-state index contributed by atoms with van der Waals surface area (Å²) in [5, 5.41) is 3.54. The first kappa shape index (κ1) is 20.6. The smallest absolute Gasteiger partial charge is 0.226 e. The van der Waals surface area contributed by atoms with Crippen molar-refractivity contribution < 1.29 is 14.2 Å². The molecule has 2 aliphatic heterocycles. The molecule has 5 rings (SSSR count). The number of fused-ring (bicyclic) bond motifs is 1. The third kappa shape index (κ3) is 4.64. The number of benzene rings is 1. The summed E-state index contributed by atoms with van der Waals surface area (Å²) in [5.41, 5.74) is 3.04. The van der Waals surface area contributed by atoms with Gasteiger partial charge in [-0.3, -0.25) is 0 Å². The van der Waals surface area contributed by atoms with E-state index in [0.29, 0.717) is 24.5 Å². The quantitative estimate of drug-likeness (QED) is 0.729. The summed E-state index contributed by atoms with van der Waals surface area (Å²) in [4.78, 5) is 9.48. The van der Waals surface area contributed by atoms with Gasteiger partial charge in [0.1, 0.15) is 17.5 Å². The van der Waals surface area contributed by atoms with Crippen LogP contribution >= 0.6 is 0 Å². The van der Waals surface area contributed by atoms with E-state index in [2.05, 4.69) is 49.3 Å². The molecule has 6 nitrogen and oxygen atoms in total. The molecule has 1 saturated heterocycles. The Labute approximate surface area is 184 Å². The average Bonchev–Trinajstić information content (AvgIpc) is 3.35. The van der Waals surface area contributed by atoms with Crippen molar-refractivity contribution in [3.63, 3.8) is 0 Å². The van der Waals surface area contributed by atoms with Gasteiger partial charge in [0.15, 0.2) is 0 Å². The lowest BCUT2D eigenvalue weighted by Gasteiger charge is -2.27. The molecule has 1 unspecified atom stereocenters. The second-order valence-corrected chi connectivity index (χ2v) is 9.98. The lowest BCUT2D eigenvalue weighted by Crippen LogP contribution is -2.26. The molecule has 1 aromatic heterocycles. The summed E-state index contributed by atoms with van der Waals surface area (Å²) >= 11 is 0. The van der Waals surface area contributed by atoms with E-state index < -0.39 is 0 Å². The molecule has 6 heteroatoms. The van der Waals surface area contributed by atoms with Crippen molar-refractivity contribution in [3.8, 4) is 22.8 Å². The lowest BCUT2D eigenvalue weighted by molar-refractivity contribution is 0.138. The van der Waals surface area contributed by atoms with Crippen LogP contribution in [0.15, 0.2) is 24.4 Å². The summed E-state index contributed by atoms with van der Waals surface area (Å²) in [6.45, 7) is 7.92. The van der Waals surface area contributed by atoms with E-state index in [-0.39, 0.29) is 11.7 Å². The van der Waals surface area contributed by atoms with Gasteiger partial charge in [0.05, 0.1) is 18.8 Å². The minimum absolute atomic E-state index is 0.0359. The molecule has 0 bridgehead atoms. The third-order valence-electron chi connectivity index (χ3n) is 6.64. The fourth-order valence-electron chi connectivity index (χ4n) is 4.85. The Morgan fingerprint density at radius 3 is 2.74 bits per heavy atom. The molecule has 1 aliphatic carbocycles. The summed E-state index contributed by atoms with van der Waals surface area (Å²) in [5.74, 6) is 3.07. The Bertz CT molecular complexity index is 932. The van der Waals surface area contributed by atoms with Crippen LogP contribution in [0.4, 0.5) is 5.95 Å². The van der Waals surface area contributed by atoms with Crippen molar-refractivity contribution in [2.75, 3.05) is 18.5 Å². The number of hydrogen-bond acceptors (Lipinski definition) is 6. The van der Waals surface area contributed by atoms with Crippen LogP contribution in [0, 0.1) is 5.92 Å². The predicted molar refractivity (Wildman–Crippen MR) is 121 cm³/mol. The van der Waals surface area contributed by atoms with Gasteiger partial charge in [-0.15, -0.1) is 0 Å². The van der Waals surface area contributed by atoms with Crippen molar-refractivity contribution in [2.45, 2.75) is 77.0 Å². The van der Waals surface area contributed by atoms with Gasteiger partial charge in [-0.1, -0.05) is 13.0 Å². The fraction of sp³-hybridized carbons (Fsp3) is 0.600. The number of ether oxygens (including phenoxy) is 3. The van der Waals surface area contributed by atoms with E-state index in [1.54, 1.807) is 0 Å². The summed E-state index contributed by atoms with van der Waals surface area (Å²) in [7, 11) is 0. The monoisotopic (exact) mass is 423 g/mol. The molecule has 0 amide bonds. The minimum Gasteiger partial charge on any atom is -0.487 e. The molecule has 0 radical (unpaired) electrons. The topological polar surface area (TPSA) is 65.5 Å². The zero-order valence-electron chi connectivity index (χ0n) is 18.8. The van der Waals surface area contributed by atoms with E-state index >= 15 is 0 Å². The maximum atomic E-state index is 6.32. The first-order chi connectivity index (χ1) is 14.9. The molecule has 2 aromatic rings. The van der Waals surface area contributed by atoms with Crippen molar-refractivity contribution in [2.24, 2.45) is 5.92 Å². The van der Waals surface area contributed by atoms with Gasteiger partial charge in [-0.2, -0.15) is 4.98 Å². The molecular formula is C25H33N3O3. The van der Waals surface area contributed by atoms with Gasteiger partial charge in [-0.25, -0.2) is 4.98 Å². The van der Waals surface area contributed by atoms with Crippen molar-refractivity contribution >= 4 is 5.95 Å². The van der Waals surface area contributed by atoms with Gasteiger partial charge in [0.25, 0.3) is 0 Å². The molecule has 3 heterocycles. The summed E-state index contributed by atoms with van der Waals surface area (Å²) < 4.78 is 17.9. The molecule has 166 valence electrons. The molecule has 3 aliphatic rings. The summed E-state index contributed by atoms with van der Waals surface area (Å²) in [6, 6.07) is 6.75. The van der Waals surface area contributed by atoms with Crippen LogP contribution in [0.1, 0.15) is 58.4 Å². The maximum Gasteiger partial charge on any atom is 0.226 e. The third-order valence-corrected chi connectivity index (χ3v) is 6.64. The van der Waals surface area contributed by atoms with Gasteiger partial charge in [0.2, 0.25) is 11.8 Å². The van der Waals surface area contributed by atoms with Crippen molar-refractivity contribution in [1.82, 2.24) is 9.97 Å². The fourth-order valence-corrected chi connectivity index (χ4v) is 4.85. The Hall–Kier alpha value is -2.34. The SMILES string of the molecule is CC1CCC(Nc2ncc(-c3ccc4c(c3)CC(C)(C)O4)c(OC3CCOC3)n2)CC1. The van der Waals surface area contributed by atoms with Gasteiger partial charge >= 0.3 is 0 Å². The van der Waals surface area contributed by atoms with Crippen LogP contribution in [0.2, 0.25) is 0 Å². The highest BCUT2D eigenvalue weighted by Gasteiger charge is 2.30. The molecule has 0 spiro atoms. The molecule has 1 aromatic carbocycles. The largest absolute Gasteiger partial charge is 0.487 e. The molecule has 1 atom stereocenters. The zero-order valence-corrected chi connectivity index (χ0v) is 18.8. The van der Waals surface area contributed by atoms with Crippen LogP contribution in [0.5, 0.6) is 11.6 Å². The predicted octanol–water partition coefficient (Wildman–Crippen LogP) is 5.02. The number of hydrogen-bond donors (Lipinski definition) is 1. The molecule has 1 saturated carbocycles. The van der Waals surface area contributed by atoms with Crippen LogP contribution in [0.25, 0.3) is 11.1 Å². The van der Waals surface area contributed by atoms with Gasteiger partial charge in [0, 0.05) is 25.1 Å². The number of nitrogens with zero attached hydrogens (tertiary/aromatic N) is 2. The van der Waals surface area contributed by atoms with E-state index in [4.69, 9.17) is 19.2 Å². The second kappa shape index (κ2) is 8.30. The highest BCUT2D eigenvalue weighted by molar-refractivity contribution is 5.70. The number of rotatable bonds is 5. The maximum absolute atomic E-state index is 6.32. The number of nitrogens with one attached hydrogen (secondary N) is 1. The van der Waals surface area contributed by atoms with E-state index in [9.17, 15) is 0 Å². The normalized spacial score (nSPS) is 26.9. The molecular weight excluding hydrogens is 390 g/mol. The molecule has 31 heavy (non-hydrogen) atoms. The first-order valence-corrected chi connectivity index (χ1v) is 11.7. The number of anilines is 1. The average molecular weight is 424 g/mol. The van der Waals surface area contributed by atoms with Gasteiger partial charge < -0.3 is 19.5 Å². The van der Waals surface area contributed by atoms with E-state index in [1.165, 1.54) is 31.2 Å². The molecule has 1 N–H and O–H groups in total. The van der Waals surface area contributed by atoms with Crippen LogP contribution in [-0.4, -0.2) is 40.9 Å². The van der Waals surface area contributed by atoms with Crippen LogP contribution in [0.3, 0.4) is 0 Å². The summed E-state index contributed by atoms with van der Waals surface area (Å²) in [6.07, 6.45) is 8.56. The van der Waals surface area contributed by atoms with Crippen LogP contribution in [-0.2, 0) is 11.2 Å². The standard InChI is InChI=1S/C25H33N3O3/c1-16-4-7-19(8-5-16)27-24-26-14-21(23(28-24)30-20-10-11-29-15-20)17-6-9-22-18(12-17)13-25(2,3)31-22/h6,9,12,14,16,19-20H,4-5,7-8,10-11,13,15H2,1-3H3,(H,26,27,28). The Morgan fingerprint density at radius 2 is 1.97 bits per heavy atom. The Kier molecular flexibility index (Phi) is 5.51. The number of aromatic nitrogens is 2. The van der Waals surface area contributed by atoms with E-state index in [0.717, 1.165) is 42.2 Å². The van der Waals surface area contributed by atoms with Crippen molar-refractivity contribution in [1.29, 1.82) is 0 Å². The van der Waals surface area contributed by atoms with Crippen LogP contribution < -0.4 is 14.8 Å². The zero-order chi connectivity index (χ0) is 21.4. The molecule has 2 fully saturated rings. The van der Waals surface area contributed by atoms with Crippen molar-refractivity contribution in [3.05, 3.63) is 30.0 Å². The lowest BCUT2D eigenvalue weighted by atomic mass is 9.87. The second-order valence-electron chi connectivity index (χ2n) is 9.98. The highest BCUT2D eigenvalue weighted by Crippen LogP contribution is 2.39. The minimum atomic E-state index is -0.163. The van der Waals surface area contributed by atoms with E-state index in [1.807, 2.05) is 6.20 Å². The highest BCUT2D eigenvalue weighted by atomic mass is 16.5. The Balaban J connectivity index is 1.42. The Morgan fingerprint density at radius 1 is 1.13 bits per heavy atom. The van der Waals surface area contributed by atoms with Gasteiger partial charge in [-0.05, 0) is 68.7 Å². The first-order valence-electron chi connectivity index (χ1n) is 11.7.